The Morgan fingerprint density at radius 2 is 2.26 bits per heavy atom. The van der Waals surface area contributed by atoms with E-state index in [1.165, 1.54) is 23.6 Å². The van der Waals surface area contributed by atoms with E-state index in [-0.39, 0.29) is 5.91 Å². The number of aromatic nitrogens is 2. The van der Waals surface area contributed by atoms with Crippen molar-refractivity contribution in [2.45, 2.75) is 6.54 Å². The van der Waals surface area contributed by atoms with Gasteiger partial charge in [-0.2, -0.15) is 0 Å². The summed E-state index contributed by atoms with van der Waals surface area (Å²) in [6.07, 6.45) is 4.01. The Morgan fingerprint density at radius 1 is 1.42 bits per heavy atom. The summed E-state index contributed by atoms with van der Waals surface area (Å²) < 4.78 is 3.61. The number of carboxylic acid groups (broad SMARTS) is 1. The molecule has 0 aliphatic rings. The average molecular weight is 295 g/mol. The summed E-state index contributed by atoms with van der Waals surface area (Å²) in [4.78, 5) is 24.2. The molecule has 6 nitrogen and oxygen atoms in total. The molecule has 0 atom stereocenters. The normalized spacial score (nSPS) is 10.7. The van der Waals surface area contributed by atoms with Crippen molar-refractivity contribution >= 4 is 40.8 Å². The van der Waals surface area contributed by atoms with Crippen LogP contribution >= 0.6 is 22.9 Å². The molecule has 0 fully saturated rings. The molecule has 2 rings (SSSR count). The summed E-state index contributed by atoms with van der Waals surface area (Å²) in [5.74, 6) is -1.20. The third-order valence-corrected chi connectivity index (χ3v) is 3.79. The van der Waals surface area contributed by atoms with Crippen molar-refractivity contribution in [3.8, 4) is 0 Å². The van der Waals surface area contributed by atoms with Crippen molar-refractivity contribution in [1.82, 2.24) is 14.9 Å². The van der Waals surface area contributed by atoms with Crippen molar-refractivity contribution in [1.29, 1.82) is 0 Å². The van der Waals surface area contributed by atoms with Gasteiger partial charge in [0.25, 0.3) is 5.91 Å². The van der Waals surface area contributed by atoms with E-state index in [2.05, 4.69) is 14.9 Å². The van der Waals surface area contributed by atoms with Crippen molar-refractivity contribution in [3.05, 3.63) is 39.0 Å². The number of nitrogens with one attached hydrogen (secondary N) is 1. The third-order valence-electron chi connectivity index (χ3n) is 2.08. The SMILES string of the molecule is O=C(O)C=Cc1ccc(CNC(=O)c2cnns2)s1. The van der Waals surface area contributed by atoms with Crippen molar-refractivity contribution in [2.24, 2.45) is 0 Å². The molecule has 0 spiro atoms. The zero-order chi connectivity index (χ0) is 13.7. The molecule has 2 aromatic heterocycles. The number of rotatable bonds is 5. The zero-order valence-electron chi connectivity index (χ0n) is 9.57. The topological polar surface area (TPSA) is 92.2 Å². The highest BCUT2D eigenvalue weighted by Crippen LogP contribution is 2.18. The number of hydrogen-bond donors (Lipinski definition) is 2. The second-order valence-electron chi connectivity index (χ2n) is 3.44. The molecule has 8 heteroatoms. The van der Waals surface area contributed by atoms with Gasteiger partial charge in [-0.25, -0.2) is 4.79 Å². The molecule has 0 aliphatic heterocycles. The van der Waals surface area contributed by atoms with Gasteiger partial charge in [-0.3, -0.25) is 4.79 Å². The average Bonchev–Trinajstić information content (AvgIpc) is 3.04. The van der Waals surface area contributed by atoms with Crippen LogP contribution in [0.4, 0.5) is 0 Å². The Morgan fingerprint density at radius 3 is 2.95 bits per heavy atom. The van der Waals surface area contributed by atoms with Gasteiger partial charge in [0.05, 0.1) is 12.7 Å². The molecule has 0 bridgehead atoms. The summed E-state index contributed by atoms with van der Waals surface area (Å²) >= 11 is 2.46. The van der Waals surface area contributed by atoms with E-state index in [1.54, 1.807) is 6.07 Å². The fourth-order valence-electron chi connectivity index (χ4n) is 1.25. The predicted octanol–water partition coefficient (Wildman–Crippen LogP) is 1.63. The number of thiophene rings is 1. The van der Waals surface area contributed by atoms with E-state index in [0.717, 1.165) is 27.4 Å². The summed E-state index contributed by atoms with van der Waals surface area (Å²) in [5, 5.41) is 14.8. The van der Waals surface area contributed by atoms with E-state index in [9.17, 15) is 9.59 Å². The van der Waals surface area contributed by atoms with Crippen LogP contribution in [0.3, 0.4) is 0 Å². The Balaban J connectivity index is 1.90. The maximum Gasteiger partial charge on any atom is 0.328 e. The van der Waals surface area contributed by atoms with Gasteiger partial charge < -0.3 is 10.4 Å². The van der Waals surface area contributed by atoms with E-state index in [0.29, 0.717) is 11.4 Å². The van der Waals surface area contributed by atoms with Crippen LogP contribution in [0, 0.1) is 0 Å². The molecule has 1 amide bonds. The lowest BCUT2D eigenvalue weighted by Crippen LogP contribution is -2.21. The summed E-state index contributed by atoms with van der Waals surface area (Å²) in [6, 6.07) is 3.65. The fraction of sp³-hybridized carbons (Fsp3) is 0.0909. The minimum absolute atomic E-state index is 0.217. The lowest BCUT2D eigenvalue weighted by molar-refractivity contribution is -0.131. The van der Waals surface area contributed by atoms with E-state index in [4.69, 9.17) is 5.11 Å². The quantitative estimate of drug-likeness (QED) is 0.818. The van der Waals surface area contributed by atoms with E-state index < -0.39 is 5.97 Å². The Labute approximate surface area is 116 Å². The van der Waals surface area contributed by atoms with Gasteiger partial charge in [-0.1, -0.05) is 4.49 Å². The predicted molar refractivity (Wildman–Crippen MR) is 72.1 cm³/mol. The second-order valence-corrected chi connectivity index (χ2v) is 5.43. The second kappa shape index (κ2) is 6.21. The smallest absolute Gasteiger partial charge is 0.328 e. The van der Waals surface area contributed by atoms with Gasteiger partial charge in [-0.15, -0.1) is 16.4 Å². The molecule has 2 aromatic rings. The molecule has 2 N–H and O–H groups in total. The number of amides is 1. The summed E-state index contributed by atoms with van der Waals surface area (Å²) in [7, 11) is 0. The van der Waals surface area contributed by atoms with Gasteiger partial charge in [0, 0.05) is 15.8 Å². The summed E-state index contributed by atoms with van der Waals surface area (Å²) in [6.45, 7) is 0.391. The molecule has 0 unspecified atom stereocenters. The molecule has 2 heterocycles. The first-order chi connectivity index (χ1) is 9.15. The molecule has 0 aromatic carbocycles. The molecule has 19 heavy (non-hydrogen) atoms. The van der Waals surface area contributed by atoms with Crippen LogP contribution in [0.15, 0.2) is 24.4 Å². The largest absolute Gasteiger partial charge is 0.478 e. The highest BCUT2D eigenvalue weighted by Gasteiger charge is 2.08. The maximum absolute atomic E-state index is 11.6. The Bertz CT molecular complexity index is 604. The highest BCUT2D eigenvalue weighted by molar-refractivity contribution is 7.12. The van der Waals surface area contributed by atoms with Crippen LogP contribution in [0.2, 0.25) is 0 Å². The highest BCUT2D eigenvalue weighted by atomic mass is 32.1. The first-order valence-electron chi connectivity index (χ1n) is 5.20. The third kappa shape index (κ3) is 3.97. The van der Waals surface area contributed by atoms with E-state index >= 15 is 0 Å². The Kier molecular flexibility index (Phi) is 4.37. The number of carboxylic acids is 1. The fourth-order valence-corrected chi connectivity index (χ4v) is 2.54. The first kappa shape index (κ1) is 13.4. The van der Waals surface area contributed by atoms with E-state index in [1.807, 2.05) is 6.07 Å². The Hall–Kier alpha value is -2.06. The van der Waals surface area contributed by atoms with Crippen LogP contribution in [0.25, 0.3) is 6.08 Å². The summed E-state index contributed by atoms with van der Waals surface area (Å²) in [5.41, 5.74) is 0. The lowest BCUT2D eigenvalue weighted by atomic mass is 10.4. The van der Waals surface area contributed by atoms with Crippen LogP contribution < -0.4 is 5.32 Å². The number of carbonyl (C=O) groups is 2. The van der Waals surface area contributed by atoms with Crippen molar-refractivity contribution in [3.63, 3.8) is 0 Å². The monoisotopic (exact) mass is 295 g/mol. The molecular formula is C11H9N3O3S2. The number of nitrogens with zero attached hydrogens (tertiary/aromatic N) is 2. The minimum Gasteiger partial charge on any atom is -0.478 e. The molecule has 0 saturated carbocycles. The standard InChI is InChI=1S/C11H9N3O3S2/c15-10(16)4-3-7-1-2-8(18-7)5-12-11(17)9-6-13-14-19-9/h1-4,6H,5H2,(H,12,17)(H,15,16). The van der Waals surface area contributed by atoms with Crippen LogP contribution in [0.5, 0.6) is 0 Å². The van der Waals surface area contributed by atoms with Gasteiger partial charge >= 0.3 is 5.97 Å². The molecule has 0 saturated heterocycles. The molecule has 98 valence electrons. The first-order valence-corrected chi connectivity index (χ1v) is 6.79. The van der Waals surface area contributed by atoms with Gasteiger partial charge in [0.15, 0.2) is 0 Å². The molecular weight excluding hydrogens is 286 g/mol. The molecule has 0 radical (unpaired) electrons. The van der Waals surface area contributed by atoms with Crippen LogP contribution in [-0.2, 0) is 11.3 Å². The number of hydrogen-bond acceptors (Lipinski definition) is 6. The maximum atomic E-state index is 11.6. The van der Waals surface area contributed by atoms with Gasteiger partial charge in [0.2, 0.25) is 0 Å². The minimum atomic E-state index is -0.985. The van der Waals surface area contributed by atoms with Crippen molar-refractivity contribution < 1.29 is 14.7 Å². The zero-order valence-corrected chi connectivity index (χ0v) is 11.2. The van der Waals surface area contributed by atoms with Crippen LogP contribution in [-0.4, -0.2) is 26.6 Å². The van der Waals surface area contributed by atoms with Gasteiger partial charge in [0.1, 0.15) is 4.88 Å². The molecule has 0 aliphatic carbocycles. The number of carbonyl (C=O) groups excluding carboxylic acids is 1. The van der Waals surface area contributed by atoms with Gasteiger partial charge in [-0.05, 0) is 29.7 Å². The lowest BCUT2D eigenvalue weighted by Gasteiger charge is -1.99. The number of aliphatic carboxylic acids is 1. The van der Waals surface area contributed by atoms with Crippen molar-refractivity contribution in [2.75, 3.05) is 0 Å². The van der Waals surface area contributed by atoms with Crippen LogP contribution in [0.1, 0.15) is 19.4 Å².